The van der Waals surface area contributed by atoms with Crippen molar-refractivity contribution in [1.82, 2.24) is 9.88 Å². The Hall–Kier alpha value is -1.33. The third-order valence-electron chi connectivity index (χ3n) is 4.07. The number of hydrogen-bond donors (Lipinski definition) is 0. The lowest BCUT2D eigenvalue weighted by Gasteiger charge is -2.22. The van der Waals surface area contributed by atoms with Gasteiger partial charge in [0.2, 0.25) is 5.88 Å². The maximum absolute atomic E-state index is 12.7. The van der Waals surface area contributed by atoms with Crippen LogP contribution < -0.4 is 4.74 Å². The molecule has 0 spiro atoms. The van der Waals surface area contributed by atoms with Crippen LogP contribution in [-0.4, -0.2) is 48.2 Å². The SMILES string of the molecule is CCCCN(CCCC)C(=O)c1cnc(OC2CCOC2)c(Cl)c1. The lowest BCUT2D eigenvalue weighted by molar-refractivity contribution is 0.0750. The minimum absolute atomic E-state index is 0.0119. The lowest BCUT2D eigenvalue weighted by Crippen LogP contribution is -2.33. The second-order valence-corrected chi connectivity index (χ2v) is 6.52. The topological polar surface area (TPSA) is 51.7 Å². The smallest absolute Gasteiger partial charge is 0.255 e. The third-order valence-corrected chi connectivity index (χ3v) is 4.34. The van der Waals surface area contributed by atoms with Gasteiger partial charge >= 0.3 is 0 Å². The fourth-order valence-electron chi connectivity index (χ4n) is 2.59. The highest BCUT2D eigenvalue weighted by molar-refractivity contribution is 6.32. The van der Waals surface area contributed by atoms with Crippen molar-refractivity contribution in [2.45, 2.75) is 52.1 Å². The second-order valence-electron chi connectivity index (χ2n) is 6.11. The molecule has 134 valence electrons. The molecule has 1 fully saturated rings. The molecule has 5 nitrogen and oxygen atoms in total. The average Bonchev–Trinajstić information content (AvgIpc) is 3.09. The maximum atomic E-state index is 12.7. The monoisotopic (exact) mass is 354 g/mol. The molecule has 1 amide bonds. The first kappa shape index (κ1) is 19.0. The minimum atomic E-state index is -0.0120. The van der Waals surface area contributed by atoms with Crippen LogP contribution in [-0.2, 0) is 4.74 Å². The molecule has 0 bridgehead atoms. The Bertz CT molecular complexity index is 525. The van der Waals surface area contributed by atoms with Gasteiger partial charge < -0.3 is 14.4 Å². The number of unbranched alkanes of at least 4 members (excludes halogenated alkanes) is 2. The molecule has 0 aliphatic carbocycles. The Labute approximate surface area is 149 Å². The van der Waals surface area contributed by atoms with E-state index in [-0.39, 0.29) is 12.0 Å². The zero-order chi connectivity index (χ0) is 17.4. The van der Waals surface area contributed by atoms with Gasteiger partial charge in [-0.1, -0.05) is 38.3 Å². The van der Waals surface area contributed by atoms with E-state index in [1.54, 1.807) is 12.3 Å². The number of nitrogens with zero attached hydrogens (tertiary/aromatic N) is 2. The van der Waals surface area contributed by atoms with Crippen LogP contribution in [0.4, 0.5) is 0 Å². The predicted molar refractivity (Wildman–Crippen MR) is 94.8 cm³/mol. The van der Waals surface area contributed by atoms with Crippen LogP contribution in [0.3, 0.4) is 0 Å². The average molecular weight is 355 g/mol. The standard InChI is InChI=1S/C18H27ClN2O3/c1-3-5-8-21(9-6-4-2)18(22)14-11-16(19)17(20-12-14)24-15-7-10-23-13-15/h11-12,15H,3-10,13H2,1-2H3. The summed E-state index contributed by atoms with van der Waals surface area (Å²) in [5.41, 5.74) is 0.516. The van der Waals surface area contributed by atoms with Crippen molar-refractivity contribution < 1.29 is 14.3 Å². The summed E-state index contributed by atoms with van der Waals surface area (Å²) in [4.78, 5) is 18.9. The molecule has 0 aromatic carbocycles. The molecule has 2 heterocycles. The van der Waals surface area contributed by atoms with E-state index in [2.05, 4.69) is 18.8 Å². The summed E-state index contributed by atoms with van der Waals surface area (Å²) < 4.78 is 11.0. The van der Waals surface area contributed by atoms with Crippen molar-refractivity contribution in [3.8, 4) is 5.88 Å². The van der Waals surface area contributed by atoms with E-state index in [1.165, 1.54) is 0 Å². The van der Waals surface area contributed by atoms with Crippen molar-refractivity contribution >= 4 is 17.5 Å². The fourth-order valence-corrected chi connectivity index (χ4v) is 2.80. The summed E-state index contributed by atoms with van der Waals surface area (Å²) in [5, 5.41) is 0.374. The van der Waals surface area contributed by atoms with Crippen molar-refractivity contribution in [3.63, 3.8) is 0 Å². The van der Waals surface area contributed by atoms with Crippen LogP contribution in [0.25, 0.3) is 0 Å². The Morgan fingerprint density at radius 1 is 1.38 bits per heavy atom. The molecular weight excluding hydrogens is 328 g/mol. The third kappa shape index (κ3) is 5.35. The Kier molecular flexibility index (Phi) is 7.79. The number of ether oxygens (including phenoxy) is 2. The maximum Gasteiger partial charge on any atom is 0.255 e. The fraction of sp³-hybridized carbons (Fsp3) is 0.667. The number of aromatic nitrogens is 1. The van der Waals surface area contributed by atoms with Gasteiger partial charge in [0.15, 0.2) is 0 Å². The Morgan fingerprint density at radius 3 is 2.62 bits per heavy atom. The molecule has 1 atom stereocenters. The quantitative estimate of drug-likeness (QED) is 0.673. The summed E-state index contributed by atoms with van der Waals surface area (Å²) in [5.74, 6) is 0.361. The highest BCUT2D eigenvalue weighted by Crippen LogP contribution is 2.25. The zero-order valence-corrected chi connectivity index (χ0v) is 15.3. The van der Waals surface area contributed by atoms with E-state index in [1.807, 2.05) is 4.90 Å². The van der Waals surface area contributed by atoms with Crippen LogP contribution in [0.5, 0.6) is 5.88 Å². The van der Waals surface area contributed by atoms with Gasteiger partial charge in [-0.05, 0) is 18.9 Å². The van der Waals surface area contributed by atoms with E-state index < -0.39 is 0 Å². The van der Waals surface area contributed by atoms with Gasteiger partial charge in [-0.3, -0.25) is 4.79 Å². The van der Waals surface area contributed by atoms with Gasteiger partial charge in [0, 0.05) is 25.7 Å². The first-order chi connectivity index (χ1) is 11.7. The van der Waals surface area contributed by atoms with Gasteiger partial charge in [0.05, 0.1) is 18.8 Å². The molecule has 6 heteroatoms. The van der Waals surface area contributed by atoms with Gasteiger partial charge in [-0.15, -0.1) is 0 Å². The largest absolute Gasteiger partial charge is 0.471 e. The molecule has 24 heavy (non-hydrogen) atoms. The number of halogens is 1. The van der Waals surface area contributed by atoms with E-state index >= 15 is 0 Å². The first-order valence-electron chi connectivity index (χ1n) is 8.84. The van der Waals surface area contributed by atoms with Crippen molar-refractivity contribution in [3.05, 3.63) is 22.8 Å². The van der Waals surface area contributed by atoms with Crippen molar-refractivity contribution in [1.29, 1.82) is 0 Å². The molecule has 1 aliphatic heterocycles. The first-order valence-corrected chi connectivity index (χ1v) is 9.22. The summed E-state index contributed by atoms with van der Waals surface area (Å²) in [6.07, 6.45) is 6.50. The van der Waals surface area contributed by atoms with Crippen LogP contribution in [0.2, 0.25) is 5.02 Å². The number of rotatable bonds is 9. The molecule has 0 N–H and O–H groups in total. The van der Waals surface area contributed by atoms with Crippen molar-refractivity contribution in [2.75, 3.05) is 26.3 Å². The van der Waals surface area contributed by atoms with Gasteiger partial charge in [0.1, 0.15) is 11.1 Å². The molecular formula is C18H27ClN2O3. The van der Waals surface area contributed by atoms with Crippen LogP contribution in [0.15, 0.2) is 12.3 Å². The van der Waals surface area contributed by atoms with Crippen LogP contribution in [0.1, 0.15) is 56.3 Å². The van der Waals surface area contributed by atoms with Crippen LogP contribution in [0, 0.1) is 0 Å². The number of pyridine rings is 1. The summed E-state index contributed by atoms with van der Waals surface area (Å²) in [6, 6.07) is 1.66. The molecule has 1 saturated heterocycles. The lowest BCUT2D eigenvalue weighted by atomic mass is 10.2. The Balaban J connectivity index is 2.05. The summed E-state index contributed by atoms with van der Waals surface area (Å²) in [7, 11) is 0. The Morgan fingerprint density at radius 2 is 2.08 bits per heavy atom. The molecule has 0 radical (unpaired) electrons. The molecule has 1 aromatic heterocycles. The second kappa shape index (κ2) is 9.84. The molecule has 1 unspecified atom stereocenters. The molecule has 0 saturated carbocycles. The highest BCUT2D eigenvalue weighted by Gasteiger charge is 2.21. The van der Waals surface area contributed by atoms with E-state index in [9.17, 15) is 4.79 Å². The number of amides is 1. The van der Waals surface area contributed by atoms with E-state index in [0.717, 1.165) is 45.2 Å². The summed E-state index contributed by atoms with van der Waals surface area (Å²) in [6.45, 7) is 7.04. The number of hydrogen-bond acceptors (Lipinski definition) is 4. The molecule has 1 aliphatic rings. The minimum Gasteiger partial charge on any atom is -0.471 e. The van der Waals surface area contributed by atoms with Gasteiger partial charge in [-0.25, -0.2) is 4.98 Å². The van der Waals surface area contributed by atoms with Gasteiger partial charge in [0.25, 0.3) is 5.91 Å². The zero-order valence-electron chi connectivity index (χ0n) is 14.6. The number of carbonyl (C=O) groups excluding carboxylic acids is 1. The molecule has 1 aromatic rings. The molecule has 2 rings (SSSR count). The van der Waals surface area contributed by atoms with E-state index in [0.29, 0.717) is 29.7 Å². The van der Waals surface area contributed by atoms with Crippen LogP contribution >= 0.6 is 11.6 Å². The van der Waals surface area contributed by atoms with E-state index in [4.69, 9.17) is 21.1 Å². The predicted octanol–water partition coefficient (Wildman–Crippen LogP) is 3.95. The normalized spacial score (nSPS) is 17.0. The van der Waals surface area contributed by atoms with Gasteiger partial charge in [-0.2, -0.15) is 0 Å². The van der Waals surface area contributed by atoms with Crippen molar-refractivity contribution in [2.24, 2.45) is 0 Å². The highest BCUT2D eigenvalue weighted by atomic mass is 35.5. The number of carbonyl (C=O) groups is 1. The summed E-state index contributed by atoms with van der Waals surface area (Å²) >= 11 is 6.27.